The second-order valence-electron chi connectivity index (χ2n) is 11.1. The van der Waals surface area contributed by atoms with Crippen LogP contribution in [-0.4, -0.2) is 87.6 Å². The van der Waals surface area contributed by atoms with Crippen molar-refractivity contribution in [3.8, 4) is 0 Å². The van der Waals surface area contributed by atoms with Crippen molar-refractivity contribution in [1.82, 2.24) is 14.7 Å². The highest BCUT2D eigenvalue weighted by atomic mass is 16.5. The summed E-state index contributed by atoms with van der Waals surface area (Å²) in [6.07, 6.45) is 8.11. The molecule has 6 atom stereocenters. The van der Waals surface area contributed by atoms with Gasteiger partial charge in [-0.3, -0.25) is 14.4 Å². The van der Waals surface area contributed by atoms with Gasteiger partial charge < -0.3 is 24.5 Å². The molecule has 8 nitrogen and oxygen atoms in total. The van der Waals surface area contributed by atoms with E-state index in [0.29, 0.717) is 26.1 Å². The zero-order chi connectivity index (χ0) is 26.5. The lowest BCUT2D eigenvalue weighted by molar-refractivity contribution is -0.158. The molecule has 2 fully saturated rings. The third kappa shape index (κ3) is 3.76. The van der Waals surface area contributed by atoms with E-state index >= 15 is 0 Å². The van der Waals surface area contributed by atoms with Gasteiger partial charge in [0.15, 0.2) is 0 Å². The molecule has 1 unspecified atom stereocenters. The number of fused-ring (bicyclic) bond motifs is 2. The van der Waals surface area contributed by atoms with E-state index in [9.17, 15) is 19.5 Å². The molecule has 4 aliphatic rings. The van der Waals surface area contributed by atoms with Crippen LogP contribution in [0.4, 0.5) is 0 Å². The summed E-state index contributed by atoms with van der Waals surface area (Å²) in [7, 11) is 1.73. The van der Waals surface area contributed by atoms with E-state index in [0.717, 1.165) is 5.56 Å². The largest absolute Gasteiger partial charge is 0.394 e. The van der Waals surface area contributed by atoms with Gasteiger partial charge in [0.05, 0.1) is 30.1 Å². The molecule has 0 saturated carbocycles. The molecule has 1 aromatic rings. The molecule has 37 heavy (non-hydrogen) atoms. The summed E-state index contributed by atoms with van der Waals surface area (Å²) in [6.45, 7) is 6.72. The number of ether oxygens (including phenoxy) is 1. The number of aliphatic hydroxyl groups excluding tert-OH is 1. The van der Waals surface area contributed by atoms with Gasteiger partial charge in [0.1, 0.15) is 11.6 Å². The van der Waals surface area contributed by atoms with Gasteiger partial charge in [0.25, 0.3) is 0 Å². The van der Waals surface area contributed by atoms with Crippen molar-refractivity contribution >= 4 is 17.7 Å². The van der Waals surface area contributed by atoms with E-state index in [1.54, 1.807) is 21.7 Å². The van der Waals surface area contributed by atoms with Crippen molar-refractivity contribution in [3.05, 3.63) is 60.2 Å². The number of aliphatic hydroxyl groups is 1. The monoisotopic (exact) mass is 507 g/mol. The van der Waals surface area contributed by atoms with Crippen LogP contribution in [0.5, 0.6) is 0 Å². The first-order chi connectivity index (χ1) is 17.7. The summed E-state index contributed by atoms with van der Waals surface area (Å²) >= 11 is 0. The van der Waals surface area contributed by atoms with E-state index in [1.807, 2.05) is 75.4 Å². The molecule has 5 rings (SSSR count). The highest BCUT2D eigenvalue weighted by molar-refractivity contribution is 6.00. The third-order valence-electron chi connectivity index (χ3n) is 8.69. The first-order valence-electron chi connectivity index (χ1n) is 13.3. The zero-order valence-corrected chi connectivity index (χ0v) is 22.0. The maximum absolute atomic E-state index is 14.4. The molecule has 8 heteroatoms. The Morgan fingerprint density at radius 3 is 2.35 bits per heavy atom. The second kappa shape index (κ2) is 9.40. The Labute approximate surface area is 218 Å². The molecule has 0 radical (unpaired) electrons. The summed E-state index contributed by atoms with van der Waals surface area (Å²) in [5.74, 6) is -2.40. The average molecular weight is 508 g/mol. The molecule has 4 heterocycles. The molecule has 198 valence electrons. The van der Waals surface area contributed by atoms with E-state index in [-0.39, 0.29) is 30.2 Å². The number of hydrogen-bond donors (Lipinski definition) is 1. The second-order valence-corrected chi connectivity index (χ2v) is 11.1. The Bertz CT molecular complexity index is 1130. The van der Waals surface area contributed by atoms with Crippen molar-refractivity contribution in [1.29, 1.82) is 0 Å². The fourth-order valence-corrected chi connectivity index (χ4v) is 6.79. The van der Waals surface area contributed by atoms with E-state index in [1.165, 1.54) is 0 Å². The van der Waals surface area contributed by atoms with Gasteiger partial charge in [-0.25, -0.2) is 0 Å². The number of carbonyl (C=O) groups excluding carboxylic acids is 3. The quantitative estimate of drug-likeness (QED) is 0.595. The van der Waals surface area contributed by atoms with Gasteiger partial charge in [0.2, 0.25) is 17.7 Å². The van der Waals surface area contributed by atoms with E-state index in [4.69, 9.17) is 4.74 Å². The molecular formula is C29H37N3O5. The maximum Gasteiger partial charge on any atom is 0.249 e. The number of carbonyl (C=O) groups is 3. The number of nitrogens with zero attached hydrogens (tertiary/aromatic N) is 3. The summed E-state index contributed by atoms with van der Waals surface area (Å²) < 4.78 is 6.93. The van der Waals surface area contributed by atoms with Gasteiger partial charge in [-0.2, -0.15) is 0 Å². The molecular weight excluding hydrogens is 470 g/mol. The van der Waals surface area contributed by atoms with Gasteiger partial charge in [-0.1, -0.05) is 75.4 Å². The lowest BCUT2D eigenvalue weighted by Crippen LogP contribution is -2.59. The lowest BCUT2D eigenvalue weighted by atomic mass is 9.73. The van der Waals surface area contributed by atoms with E-state index in [2.05, 4.69) is 0 Å². The van der Waals surface area contributed by atoms with Crippen molar-refractivity contribution in [3.63, 3.8) is 0 Å². The minimum absolute atomic E-state index is 0.101. The summed E-state index contributed by atoms with van der Waals surface area (Å²) in [6, 6.07) is 8.18. The summed E-state index contributed by atoms with van der Waals surface area (Å²) in [5, 5.41) is 10.4. The number of amides is 3. The number of benzene rings is 1. The Morgan fingerprint density at radius 1 is 1.00 bits per heavy atom. The molecule has 1 N–H and O–H groups in total. The first-order valence-corrected chi connectivity index (χ1v) is 13.3. The maximum atomic E-state index is 14.4. The van der Waals surface area contributed by atoms with Crippen LogP contribution >= 0.6 is 0 Å². The minimum atomic E-state index is -1.30. The Morgan fingerprint density at radius 2 is 1.70 bits per heavy atom. The molecule has 0 bridgehead atoms. The van der Waals surface area contributed by atoms with Crippen molar-refractivity contribution < 1.29 is 24.2 Å². The highest BCUT2D eigenvalue weighted by Crippen LogP contribution is 2.59. The lowest BCUT2D eigenvalue weighted by Gasteiger charge is -2.41. The fraction of sp³-hybridized carbons (Fsp3) is 0.552. The van der Waals surface area contributed by atoms with Crippen LogP contribution < -0.4 is 0 Å². The predicted molar refractivity (Wildman–Crippen MR) is 138 cm³/mol. The van der Waals surface area contributed by atoms with Crippen LogP contribution in [0.15, 0.2) is 54.6 Å². The van der Waals surface area contributed by atoms with Crippen molar-refractivity contribution in [2.75, 3.05) is 26.7 Å². The molecule has 2 saturated heterocycles. The number of hydrogen-bond acceptors (Lipinski definition) is 5. The standard InChI is InChI=1S/C29H37N3O5/c1-5-28-13-9-15-30(4)25(34)22(28)23-26(35)32(21(18-33)19(2)3)24-27(36)31(16-10-14-29(23,24)37-28)17-20-11-7-6-8-12-20/h6-14,19,21-24,33H,5,15-18H2,1-4H3/t21-,22+,23-,24?,28-,29-/m0/s1. The Hall–Kier alpha value is -2.97. The van der Waals surface area contributed by atoms with Crippen LogP contribution in [0.3, 0.4) is 0 Å². The molecule has 0 aromatic heterocycles. The van der Waals surface area contributed by atoms with Crippen molar-refractivity contribution in [2.24, 2.45) is 17.8 Å². The fourth-order valence-electron chi connectivity index (χ4n) is 6.79. The van der Waals surface area contributed by atoms with Crippen LogP contribution in [0.1, 0.15) is 32.8 Å². The average Bonchev–Trinajstić information content (AvgIpc) is 3.19. The third-order valence-corrected chi connectivity index (χ3v) is 8.69. The predicted octanol–water partition coefficient (Wildman–Crippen LogP) is 1.99. The number of likely N-dealkylation sites (tertiary alicyclic amines) is 1. The SMILES string of the molecule is CC[C@]12C=CCN(C)C(=O)[C@H]1[C@H]1C(=O)N([C@@H](CO)C(C)C)C3C(=O)N(Cc4ccccc4)CC=C[C@@]31O2. The van der Waals surface area contributed by atoms with E-state index < -0.39 is 35.1 Å². The molecule has 1 spiro atoms. The Kier molecular flexibility index (Phi) is 6.52. The van der Waals surface area contributed by atoms with Crippen LogP contribution in [0.25, 0.3) is 0 Å². The Balaban J connectivity index is 1.66. The van der Waals surface area contributed by atoms with Crippen molar-refractivity contribution in [2.45, 2.75) is 57.0 Å². The van der Waals surface area contributed by atoms with Crippen LogP contribution in [0, 0.1) is 17.8 Å². The topological polar surface area (TPSA) is 90.4 Å². The van der Waals surface area contributed by atoms with Crippen LogP contribution in [0.2, 0.25) is 0 Å². The summed E-state index contributed by atoms with van der Waals surface area (Å²) in [5.41, 5.74) is -1.31. The molecule has 4 aliphatic heterocycles. The van der Waals surface area contributed by atoms with Crippen LogP contribution in [-0.2, 0) is 25.7 Å². The van der Waals surface area contributed by atoms with Gasteiger partial charge in [-0.05, 0) is 17.9 Å². The molecule has 0 aliphatic carbocycles. The number of likely N-dealkylation sites (N-methyl/N-ethyl adjacent to an activating group) is 1. The smallest absolute Gasteiger partial charge is 0.249 e. The van der Waals surface area contributed by atoms with Gasteiger partial charge >= 0.3 is 0 Å². The molecule has 1 aromatic carbocycles. The first kappa shape index (κ1) is 25.7. The number of rotatable bonds is 6. The summed E-state index contributed by atoms with van der Waals surface area (Å²) in [4.78, 5) is 47.5. The highest BCUT2D eigenvalue weighted by Gasteiger charge is 2.75. The minimum Gasteiger partial charge on any atom is -0.394 e. The van der Waals surface area contributed by atoms with Gasteiger partial charge in [0, 0.05) is 26.7 Å². The van der Waals surface area contributed by atoms with Gasteiger partial charge in [-0.15, -0.1) is 0 Å². The molecule has 3 amide bonds. The zero-order valence-electron chi connectivity index (χ0n) is 22.0. The normalized spacial score (nSPS) is 33.9.